The number of esters is 1. The van der Waals surface area contributed by atoms with Crippen molar-refractivity contribution >= 4 is 33.4 Å². The number of rotatable bonds is 5. The van der Waals surface area contributed by atoms with Crippen LogP contribution in [-0.2, 0) is 19.6 Å². The van der Waals surface area contributed by atoms with Crippen molar-refractivity contribution in [1.29, 1.82) is 0 Å². The van der Waals surface area contributed by atoms with Crippen LogP contribution in [-0.4, -0.2) is 45.3 Å². The molecule has 0 aliphatic carbocycles. The highest BCUT2D eigenvalue weighted by atomic mass is 32.2. The lowest BCUT2D eigenvalue weighted by Gasteiger charge is -2.29. The number of benzene rings is 1. The number of anilines is 1. The first kappa shape index (κ1) is 21.3. The fourth-order valence-corrected chi connectivity index (χ4v) is 4.62. The molecule has 2 aliphatic rings. The molecule has 1 aromatic rings. The van der Waals surface area contributed by atoms with Gasteiger partial charge in [0.05, 0.1) is 11.3 Å². The van der Waals surface area contributed by atoms with E-state index in [0.717, 1.165) is 19.3 Å². The largest absolute Gasteiger partial charge is 0.449 e. The van der Waals surface area contributed by atoms with Crippen molar-refractivity contribution < 1.29 is 22.7 Å². The van der Waals surface area contributed by atoms with Crippen LogP contribution in [0.4, 0.5) is 5.69 Å². The zero-order valence-electron chi connectivity index (χ0n) is 17.0. The molecule has 29 heavy (non-hydrogen) atoms. The Balaban J connectivity index is 1.80. The lowest BCUT2D eigenvalue weighted by atomic mass is 10.1. The number of amides is 1. The molecule has 0 bridgehead atoms. The highest BCUT2D eigenvalue weighted by Gasteiger charge is 2.32. The summed E-state index contributed by atoms with van der Waals surface area (Å²) in [6, 6.07) is 4.44. The molecule has 9 heteroatoms. The second-order valence-corrected chi connectivity index (χ2v) is 9.39. The second kappa shape index (κ2) is 8.52. The number of fused-ring (bicyclic) bond motifs is 3. The van der Waals surface area contributed by atoms with E-state index in [0.29, 0.717) is 31.0 Å². The van der Waals surface area contributed by atoms with Crippen LogP contribution in [0, 0.1) is 5.92 Å². The lowest BCUT2D eigenvalue weighted by Crippen LogP contribution is -2.37. The van der Waals surface area contributed by atoms with Crippen molar-refractivity contribution in [1.82, 2.24) is 5.32 Å². The van der Waals surface area contributed by atoms with Crippen molar-refractivity contribution in [3.63, 3.8) is 0 Å². The molecule has 1 amide bonds. The number of hydrogen-bond acceptors (Lipinski definition) is 6. The van der Waals surface area contributed by atoms with Crippen LogP contribution in [0.3, 0.4) is 0 Å². The highest BCUT2D eigenvalue weighted by molar-refractivity contribution is 7.90. The highest BCUT2D eigenvalue weighted by Crippen LogP contribution is 2.35. The Morgan fingerprint density at radius 3 is 2.69 bits per heavy atom. The Morgan fingerprint density at radius 1 is 1.21 bits per heavy atom. The Kier molecular flexibility index (Phi) is 6.26. The quantitative estimate of drug-likeness (QED) is 0.733. The molecule has 158 valence electrons. The number of nitrogens with zero attached hydrogens (tertiary/aromatic N) is 2. The second-order valence-electron chi connectivity index (χ2n) is 7.81. The molecule has 0 saturated carbocycles. The maximum atomic E-state index is 12.7. The van der Waals surface area contributed by atoms with Gasteiger partial charge in [0.15, 0.2) is 6.10 Å². The van der Waals surface area contributed by atoms with Gasteiger partial charge in [0.25, 0.3) is 15.9 Å². The third kappa shape index (κ3) is 4.77. The van der Waals surface area contributed by atoms with E-state index in [1.807, 2.05) is 18.7 Å². The zero-order valence-corrected chi connectivity index (χ0v) is 17.8. The van der Waals surface area contributed by atoms with E-state index < -0.39 is 28.0 Å². The minimum Gasteiger partial charge on any atom is -0.449 e. The van der Waals surface area contributed by atoms with E-state index >= 15 is 0 Å². The summed E-state index contributed by atoms with van der Waals surface area (Å²) in [5, 5.41) is 2.70. The van der Waals surface area contributed by atoms with Gasteiger partial charge in [0.1, 0.15) is 10.7 Å². The van der Waals surface area contributed by atoms with Crippen molar-refractivity contribution in [2.24, 2.45) is 10.3 Å². The molecular formula is C20H27N3O5S. The van der Waals surface area contributed by atoms with Gasteiger partial charge in [-0.15, -0.1) is 4.40 Å². The number of hydrogen-bond donors (Lipinski definition) is 1. The fraction of sp³-hybridized carbons (Fsp3) is 0.550. The first-order valence-electron chi connectivity index (χ1n) is 9.93. The van der Waals surface area contributed by atoms with Gasteiger partial charge in [0, 0.05) is 19.5 Å². The van der Waals surface area contributed by atoms with Crippen molar-refractivity contribution in [3.05, 3.63) is 23.8 Å². The Bertz CT molecular complexity index is 939. The molecule has 1 fully saturated rings. The molecule has 2 aliphatic heterocycles. The molecule has 0 aromatic heterocycles. The smallest absolute Gasteiger partial charge is 0.338 e. The average Bonchev–Trinajstić information content (AvgIpc) is 2.90. The van der Waals surface area contributed by atoms with E-state index in [9.17, 15) is 18.0 Å². The maximum absolute atomic E-state index is 12.7. The number of nitrogens with one attached hydrogen (secondary N) is 1. The normalized spacial score (nSPS) is 18.8. The van der Waals surface area contributed by atoms with E-state index in [1.54, 1.807) is 6.07 Å². The molecule has 0 spiro atoms. The maximum Gasteiger partial charge on any atom is 0.338 e. The van der Waals surface area contributed by atoms with Crippen LogP contribution >= 0.6 is 0 Å². The molecule has 1 aromatic carbocycles. The summed E-state index contributed by atoms with van der Waals surface area (Å²) in [7, 11) is -3.89. The lowest BCUT2D eigenvalue weighted by molar-refractivity contribution is -0.129. The molecular weight excluding hydrogens is 394 g/mol. The number of carbonyl (C=O) groups is 2. The number of sulfonamides is 1. The van der Waals surface area contributed by atoms with Gasteiger partial charge in [-0.3, -0.25) is 4.79 Å². The first-order chi connectivity index (χ1) is 13.7. The molecule has 2 heterocycles. The number of carbonyl (C=O) groups excluding carboxylic acids is 2. The van der Waals surface area contributed by atoms with Gasteiger partial charge in [-0.05, 0) is 43.9 Å². The van der Waals surface area contributed by atoms with Crippen LogP contribution in [0.15, 0.2) is 27.5 Å². The minimum absolute atomic E-state index is 0.00508. The van der Waals surface area contributed by atoms with Crippen LogP contribution in [0.2, 0.25) is 0 Å². The van der Waals surface area contributed by atoms with Gasteiger partial charge in [0.2, 0.25) is 0 Å². The Morgan fingerprint density at radius 2 is 1.97 bits per heavy atom. The third-order valence-electron chi connectivity index (χ3n) is 4.92. The van der Waals surface area contributed by atoms with Gasteiger partial charge in [-0.1, -0.05) is 20.3 Å². The van der Waals surface area contributed by atoms with E-state index in [4.69, 9.17) is 4.74 Å². The Labute approximate surface area is 171 Å². The summed E-state index contributed by atoms with van der Waals surface area (Å²) < 4.78 is 34.5. The minimum atomic E-state index is -3.89. The fourth-order valence-electron chi connectivity index (χ4n) is 3.34. The van der Waals surface area contributed by atoms with Crippen LogP contribution in [0.5, 0.6) is 0 Å². The molecule has 1 saturated heterocycles. The molecule has 1 N–H and O–H groups in total. The Hall–Kier alpha value is -2.42. The monoisotopic (exact) mass is 421 g/mol. The van der Waals surface area contributed by atoms with Crippen molar-refractivity contribution in [2.75, 3.05) is 18.0 Å². The summed E-state index contributed by atoms with van der Waals surface area (Å²) in [4.78, 5) is 26.4. The summed E-state index contributed by atoms with van der Waals surface area (Å²) in [5.74, 6) is -0.310. The molecule has 8 nitrogen and oxygen atoms in total. The zero-order chi connectivity index (χ0) is 21.2. The van der Waals surface area contributed by atoms with Crippen LogP contribution < -0.4 is 10.2 Å². The first-order valence-corrected chi connectivity index (χ1v) is 11.4. The molecule has 0 unspecified atom stereocenters. The topological polar surface area (TPSA) is 105 Å². The molecule has 0 radical (unpaired) electrons. The van der Waals surface area contributed by atoms with Gasteiger partial charge < -0.3 is 15.0 Å². The SMILES string of the molecule is CC(C)CNC(=O)[C@H](C)OC(=O)c1ccc2c(c1)S(=O)(=O)N=C1CCCCCN12. The predicted molar refractivity (Wildman–Crippen MR) is 110 cm³/mol. The number of amidine groups is 1. The average molecular weight is 422 g/mol. The van der Waals surface area contributed by atoms with E-state index in [1.165, 1.54) is 19.1 Å². The molecule has 1 atom stereocenters. The van der Waals surface area contributed by atoms with E-state index in [-0.39, 0.29) is 16.4 Å². The third-order valence-corrected chi connectivity index (χ3v) is 6.25. The number of ether oxygens (including phenoxy) is 1. The van der Waals surface area contributed by atoms with Gasteiger partial charge in [-0.2, -0.15) is 8.42 Å². The standard InChI is InChI=1S/C20H27N3O5S/c1-13(2)12-21-19(24)14(3)28-20(25)15-8-9-16-17(11-15)29(26,27)22-18-7-5-4-6-10-23(16)18/h8-9,11,13-14H,4-7,10,12H2,1-3H3,(H,21,24)/t14-/m0/s1. The molecule has 3 rings (SSSR count). The summed E-state index contributed by atoms with van der Waals surface area (Å²) in [6.45, 7) is 6.58. The van der Waals surface area contributed by atoms with Crippen LogP contribution in [0.25, 0.3) is 0 Å². The van der Waals surface area contributed by atoms with Gasteiger partial charge >= 0.3 is 5.97 Å². The summed E-state index contributed by atoms with van der Waals surface area (Å²) >= 11 is 0. The predicted octanol–water partition coefficient (Wildman–Crippen LogP) is 2.49. The van der Waals surface area contributed by atoms with Crippen molar-refractivity contribution in [2.45, 2.75) is 57.5 Å². The van der Waals surface area contributed by atoms with Crippen LogP contribution in [0.1, 0.15) is 56.8 Å². The van der Waals surface area contributed by atoms with E-state index in [2.05, 4.69) is 9.71 Å². The summed E-state index contributed by atoms with van der Waals surface area (Å²) in [5.41, 5.74) is 0.612. The van der Waals surface area contributed by atoms with Gasteiger partial charge in [-0.25, -0.2) is 4.79 Å². The van der Waals surface area contributed by atoms with Crippen molar-refractivity contribution in [3.8, 4) is 0 Å². The summed E-state index contributed by atoms with van der Waals surface area (Å²) in [6.07, 6.45) is 2.51.